The van der Waals surface area contributed by atoms with E-state index in [1.807, 2.05) is 57.3 Å². The highest BCUT2D eigenvalue weighted by atomic mass is 35.5. The van der Waals surface area contributed by atoms with Gasteiger partial charge in [0.15, 0.2) is 5.13 Å². The number of rotatable bonds is 9. The average molecular weight is 614 g/mol. The average Bonchev–Trinajstić information content (AvgIpc) is 3.45. The zero-order chi connectivity index (χ0) is 29.9. The summed E-state index contributed by atoms with van der Waals surface area (Å²) in [5, 5.41) is 6.84. The number of anilines is 1. The predicted molar refractivity (Wildman–Crippen MR) is 167 cm³/mol. The summed E-state index contributed by atoms with van der Waals surface area (Å²) >= 11 is 8.23. The fourth-order valence-electron chi connectivity index (χ4n) is 5.56. The van der Waals surface area contributed by atoms with Crippen LogP contribution in [0.1, 0.15) is 50.8 Å². The lowest BCUT2D eigenvalue weighted by Gasteiger charge is -2.38. The maximum Gasteiger partial charge on any atom is 0.312 e. The number of halogens is 1. The second kappa shape index (κ2) is 13.2. The molecule has 0 bridgehead atoms. The van der Waals surface area contributed by atoms with Crippen LogP contribution in [0.4, 0.5) is 5.13 Å². The number of methoxy groups -OCH3 is 1. The molecule has 1 saturated heterocycles. The van der Waals surface area contributed by atoms with Crippen molar-refractivity contribution >= 4 is 34.0 Å². The second-order valence-corrected chi connectivity index (χ2v) is 12.9. The van der Waals surface area contributed by atoms with Gasteiger partial charge < -0.3 is 29.2 Å². The number of hydrogen-bond donors (Lipinski definition) is 1. The molecule has 2 atom stereocenters. The Labute approximate surface area is 257 Å². The minimum Gasteiger partial charge on any atom is -0.496 e. The van der Waals surface area contributed by atoms with E-state index in [1.165, 1.54) is 11.1 Å². The van der Waals surface area contributed by atoms with Gasteiger partial charge in [0, 0.05) is 42.7 Å². The summed E-state index contributed by atoms with van der Waals surface area (Å²) in [7, 11) is 1.71. The number of hydrogen-bond acceptors (Lipinski definition) is 9. The van der Waals surface area contributed by atoms with Crippen LogP contribution in [-0.4, -0.2) is 56.0 Å². The normalized spacial score (nSPS) is 18.9. The van der Waals surface area contributed by atoms with Crippen molar-refractivity contribution in [2.45, 2.75) is 65.4 Å². The summed E-state index contributed by atoms with van der Waals surface area (Å²) in [6.45, 7) is 11.5. The highest BCUT2D eigenvalue weighted by Crippen LogP contribution is 2.40. The molecule has 0 unspecified atom stereocenters. The molecule has 0 radical (unpaired) electrons. The first-order valence-corrected chi connectivity index (χ1v) is 15.8. The fraction of sp³-hybridized carbons (Fsp3) is 0.500. The Bertz CT molecular complexity index is 1390. The number of carbonyl (C=O) groups excluding carboxylic acids is 1. The number of nitrogens with zero attached hydrogens (tertiary/aromatic N) is 2. The van der Waals surface area contributed by atoms with E-state index in [0.717, 1.165) is 47.2 Å². The number of benzene rings is 2. The molecule has 8 nitrogen and oxygen atoms in total. The van der Waals surface area contributed by atoms with Gasteiger partial charge in [-0.05, 0) is 76.4 Å². The Kier molecular flexibility index (Phi) is 9.62. The SMILES string of the molecule is CCO[C@H]1CN(c2nc(-c3cccc(Cl)c3OCc3cc4c(c(OC)c3)CNCC4)cs2)CC[C@H]1C(=O)OC(C)(C)C. The molecule has 1 aromatic heterocycles. The Morgan fingerprint density at radius 1 is 1.26 bits per heavy atom. The van der Waals surface area contributed by atoms with Gasteiger partial charge in [-0.15, -0.1) is 11.3 Å². The number of nitrogens with one attached hydrogen (secondary N) is 1. The second-order valence-electron chi connectivity index (χ2n) is 11.7. The molecule has 226 valence electrons. The minimum atomic E-state index is -0.532. The smallest absolute Gasteiger partial charge is 0.312 e. The topological polar surface area (TPSA) is 82.2 Å². The van der Waals surface area contributed by atoms with Crippen molar-refractivity contribution < 1.29 is 23.7 Å². The van der Waals surface area contributed by atoms with Gasteiger partial charge in [0.1, 0.15) is 23.7 Å². The van der Waals surface area contributed by atoms with Gasteiger partial charge in [0.05, 0.1) is 29.8 Å². The van der Waals surface area contributed by atoms with Crippen LogP contribution in [0.15, 0.2) is 35.7 Å². The highest BCUT2D eigenvalue weighted by Gasteiger charge is 2.38. The summed E-state index contributed by atoms with van der Waals surface area (Å²) in [5.41, 5.74) is 4.63. The fourth-order valence-corrected chi connectivity index (χ4v) is 6.65. The molecule has 0 saturated carbocycles. The van der Waals surface area contributed by atoms with Gasteiger partial charge in [0.2, 0.25) is 0 Å². The molecular formula is C32H40ClN3O5S. The molecule has 2 aliphatic rings. The van der Waals surface area contributed by atoms with Crippen molar-refractivity contribution in [1.29, 1.82) is 0 Å². The third-order valence-corrected chi connectivity index (χ3v) is 8.69. The number of para-hydroxylation sites is 1. The van der Waals surface area contributed by atoms with E-state index < -0.39 is 5.60 Å². The van der Waals surface area contributed by atoms with Crippen LogP contribution in [-0.2, 0) is 33.8 Å². The number of piperidine rings is 1. The first kappa shape index (κ1) is 30.6. The minimum absolute atomic E-state index is 0.200. The third kappa shape index (κ3) is 7.02. The number of esters is 1. The summed E-state index contributed by atoms with van der Waals surface area (Å²) in [4.78, 5) is 20.1. The summed E-state index contributed by atoms with van der Waals surface area (Å²) in [6.07, 6.45) is 1.33. The summed E-state index contributed by atoms with van der Waals surface area (Å²) < 4.78 is 23.7. The lowest BCUT2D eigenvalue weighted by Crippen LogP contribution is -2.49. The third-order valence-electron chi connectivity index (χ3n) is 7.49. The van der Waals surface area contributed by atoms with Crippen molar-refractivity contribution in [3.63, 3.8) is 0 Å². The monoisotopic (exact) mass is 613 g/mol. The number of thiazole rings is 1. The van der Waals surface area contributed by atoms with Crippen LogP contribution in [0.5, 0.6) is 11.5 Å². The Morgan fingerprint density at radius 2 is 2.10 bits per heavy atom. The van der Waals surface area contributed by atoms with E-state index in [4.69, 9.17) is 35.5 Å². The summed E-state index contributed by atoms with van der Waals surface area (Å²) in [6, 6.07) is 9.97. The lowest BCUT2D eigenvalue weighted by molar-refractivity contribution is -0.166. The van der Waals surface area contributed by atoms with Crippen molar-refractivity contribution in [2.75, 3.05) is 38.3 Å². The number of aromatic nitrogens is 1. The highest BCUT2D eigenvalue weighted by molar-refractivity contribution is 7.14. The van der Waals surface area contributed by atoms with Crippen molar-refractivity contribution in [1.82, 2.24) is 10.3 Å². The summed E-state index contributed by atoms with van der Waals surface area (Å²) in [5.74, 6) is 0.980. The van der Waals surface area contributed by atoms with Gasteiger partial charge in [-0.1, -0.05) is 23.7 Å². The van der Waals surface area contributed by atoms with Crippen LogP contribution in [0.25, 0.3) is 11.3 Å². The molecule has 10 heteroatoms. The molecule has 2 aromatic carbocycles. The molecule has 3 aromatic rings. The van der Waals surface area contributed by atoms with Crippen LogP contribution < -0.4 is 19.7 Å². The maximum atomic E-state index is 12.9. The molecule has 5 rings (SSSR count). The lowest BCUT2D eigenvalue weighted by atomic mass is 9.93. The molecule has 0 amide bonds. The number of fused-ring (bicyclic) bond motifs is 1. The van der Waals surface area contributed by atoms with E-state index in [0.29, 0.717) is 43.5 Å². The Balaban J connectivity index is 1.32. The molecule has 3 heterocycles. The zero-order valence-corrected chi connectivity index (χ0v) is 26.6. The van der Waals surface area contributed by atoms with E-state index in [1.54, 1.807) is 18.4 Å². The van der Waals surface area contributed by atoms with Gasteiger partial charge in [-0.2, -0.15) is 0 Å². The molecule has 0 spiro atoms. The van der Waals surface area contributed by atoms with Crippen molar-refractivity contribution in [2.24, 2.45) is 5.92 Å². The Morgan fingerprint density at radius 3 is 2.86 bits per heavy atom. The maximum absolute atomic E-state index is 12.9. The van der Waals surface area contributed by atoms with Crippen LogP contribution >= 0.6 is 22.9 Å². The van der Waals surface area contributed by atoms with Gasteiger partial charge in [-0.3, -0.25) is 4.79 Å². The van der Waals surface area contributed by atoms with Gasteiger partial charge in [-0.25, -0.2) is 4.98 Å². The molecule has 1 N–H and O–H groups in total. The number of carbonyl (C=O) groups is 1. The zero-order valence-electron chi connectivity index (χ0n) is 25.0. The van der Waals surface area contributed by atoms with E-state index in [2.05, 4.69) is 16.3 Å². The molecular weight excluding hydrogens is 574 g/mol. The van der Waals surface area contributed by atoms with E-state index in [-0.39, 0.29) is 18.0 Å². The van der Waals surface area contributed by atoms with Gasteiger partial charge >= 0.3 is 5.97 Å². The van der Waals surface area contributed by atoms with E-state index in [9.17, 15) is 4.79 Å². The van der Waals surface area contributed by atoms with Crippen molar-refractivity contribution in [3.05, 3.63) is 57.4 Å². The molecule has 2 aliphatic heterocycles. The van der Waals surface area contributed by atoms with E-state index >= 15 is 0 Å². The van der Waals surface area contributed by atoms with Crippen LogP contribution in [0.3, 0.4) is 0 Å². The quantitative estimate of drug-likeness (QED) is 0.283. The first-order chi connectivity index (χ1) is 20.2. The molecule has 1 fully saturated rings. The standard InChI is InChI=1S/C32H40ClN3O5S/c1-6-39-28-17-36(13-11-23(28)30(37)41-32(2,3)4)31-35-26(19-42-31)22-8-7-9-25(33)29(22)40-18-20-14-21-10-12-34-16-24(21)27(15-20)38-5/h7-9,14-15,19,23,28,34H,6,10-13,16-18H2,1-5H3/t23-,28+/m1/s1. The largest absolute Gasteiger partial charge is 0.496 e. The Hall–Kier alpha value is -2.85. The van der Waals surface area contributed by atoms with Crippen LogP contribution in [0.2, 0.25) is 5.02 Å². The molecule has 0 aliphatic carbocycles. The van der Waals surface area contributed by atoms with Gasteiger partial charge in [0.25, 0.3) is 0 Å². The van der Waals surface area contributed by atoms with Crippen LogP contribution in [0, 0.1) is 5.92 Å². The molecule has 42 heavy (non-hydrogen) atoms. The van der Waals surface area contributed by atoms with Crippen molar-refractivity contribution in [3.8, 4) is 22.8 Å². The first-order valence-electron chi connectivity index (χ1n) is 14.5. The number of ether oxygens (including phenoxy) is 4. The predicted octanol–water partition coefficient (Wildman–Crippen LogP) is 6.27.